The van der Waals surface area contributed by atoms with Crippen LogP contribution >= 0.6 is 15.9 Å². The van der Waals surface area contributed by atoms with E-state index in [0.29, 0.717) is 8.78 Å². The topological polar surface area (TPSA) is 92.5 Å². The summed E-state index contributed by atoms with van der Waals surface area (Å²) in [6.07, 6.45) is 0. The van der Waals surface area contributed by atoms with Crippen molar-refractivity contribution >= 4 is 37.5 Å². The number of hydrazine groups is 1. The predicted octanol–water partition coefficient (Wildman–Crippen LogP) is 1.77. The van der Waals surface area contributed by atoms with Gasteiger partial charge in [0.1, 0.15) is 12.4 Å². The van der Waals surface area contributed by atoms with Crippen molar-refractivity contribution in [1.82, 2.24) is 5.43 Å². The first-order valence-corrected chi connectivity index (χ1v) is 8.62. The molecule has 0 fully saturated rings. The molecule has 0 saturated carbocycles. The third-order valence-electron chi connectivity index (χ3n) is 2.97. The number of carbonyl (C=O) groups excluding carboxylic acids is 1. The lowest BCUT2D eigenvalue weighted by Gasteiger charge is -2.24. The van der Waals surface area contributed by atoms with Gasteiger partial charge < -0.3 is 0 Å². The number of anilines is 1. The van der Waals surface area contributed by atoms with Gasteiger partial charge >= 0.3 is 0 Å². The average Bonchev–Trinajstić information content (AvgIpc) is 2.53. The lowest BCUT2D eigenvalue weighted by molar-refractivity contribution is -0.119. The smallest absolute Gasteiger partial charge is 0.264 e. The van der Waals surface area contributed by atoms with E-state index >= 15 is 0 Å². The fourth-order valence-corrected chi connectivity index (χ4v) is 3.56. The number of benzene rings is 2. The molecule has 0 bridgehead atoms. The van der Waals surface area contributed by atoms with E-state index in [1.165, 1.54) is 42.5 Å². The lowest BCUT2D eigenvalue weighted by atomic mass is 10.3. The maximum atomic E-state index is 14.0. The summed E-state index contributed by atoms with van der Waals surface area (Å²) in [6.45, 7) is -0.643. The summed E-state index contributed by atoms with van der Waals surface area (Å²) < 4.78 is 40.9. The molecule has 2 aromatic carbocycles. The summed E-state index contributed by atoms with van der Waals surface area (Å²) in [5, 5.41) is 0. The number of rotatable bonds is 5. The quantitative estimate of drug-likeness (QED) is 0.453. The van der Waals surface area contributed by atoms with Crippen LogP contribution < -0.4 is 15.6 Å². The van der Waals surface area contributed by atoms with E-state index in [4.69, 9.17) is 5.84 Å². The highest BCUT2D eigenvalue weighted by Gasteiger charge is 2.28. The fourth-order valence-electron chi connectivity index (χ4n) is 1.86. The van der Waals surface area contributed by atoms with Gasteiger partial charge in [0.15, 0.2) is 0 Å². The summed E-state index contributed by atoms with van der Waals surface area (Å²) in [4.78, 5) is 11.5. The Labute approximate surface area is 141 Å². The second-order valence-electron chi connectivity index (χ2n) is 4.48. The Bertz CT molecular complexity index is 812. The minimum atomic E-state index is -4.14. The SMILES string of the molecule is NNC(=O)CN(c1ccccc1F)S(=O)(=O)c1ccc(Br)cc1. The van der Waals surface area contributed by atoms with Gasteiger partial charge in [-0.15, -0.1) is 0 Å². The Kier molecular flexibility index (Phi) is 5.34. The van der Waals surface area contributed by atoms with E-state index in [-0.39, 0.29) is 10.6 Å². The minimum absolute atomic E-state index is 0.0752. The monoisotopic (exact) mass is 401 g/mol. The van der Waals surface area contributed by atoms with Gasteiger partial charge in [0.05, 0.1) is 10.6 Å². The zero-order valence-electron chi connectivity index (χ0n) is 11.7. The molecule has 0 aliphatic rings. The number of hydrogen-bond acceptors (Lipinski definition) is 4. The summed E-state index contributed by atoms with van der Waals surface area (Å²) in [7, 11) is -4.14. The number of nitrogens with one attached hydrogen (secondary N) is 1. The van der Waals surface area contributed by atoms with Crippen molar-refractivity contribution in [2.75, 3.05) is 10.8 Å². The van der Waals surface area contributed by atoms with Crippen molar-refractivity contribution < 1.29 is 17.6 Å². The Balaban J connectivity index is 2.54. The molecule has 122 valence electrons. The van der Waals surface area contributed by atoms with E-state index in [1.54, 1.807) is 0 Å². The number of para-hydroxylation sites is 1. The van der Waals surface area contributed by atoms with Crippen LogP contribution in [0.3, 0.4) is 0 Å². The molecule has 0 atom stereocenters. The van der Waals surface area contributed by atoms with Crippen molar-refractivity contribution in [3.63, 3.8) is 0 Å². The molecule has 1 amide bonds. The first kappa shape index (κ1) is 17.4. The number of halogens is 2. The van der Waals surface area contributed by atoms with Gasteiger partial charge in [0.2, 0.25) is 0 Å². The zero-order chi connectivity index (χ0) is 17.0. The third-order valence-corrected chi connectivity index (χ3v) is 5.27. The van der Waals surface area contributed by atoms with Gasteiger partial charge in [-0.3, -0.25) is 14.5 Å². The van der Waals surface area contributed by atoms with Crippen LogP contribution in [-0.4, -0.2) is 20.9 Å². The van der Waals surface area contributed by atoms with E-state index in [2.05, 4.69) is 15.9 Å². The highest BCUT2D eigenvalue weighted by molar-refractivity contribution is 9.10. The van der Waals surface area contributed by atoms with Crippen LogP contribution in [0.25, 0.3) is 0 Å². The Morgan fingerprint density at radius 3 is 2.35 bits per heavy atom. The largest absolute Gasteiger partial charge is 0.293 e. The van der Waals surface area contributed by atoms with Crippen LogP contribution in [0.15, 0.2) is 57.9 Å². The fraction of sp³-hybridized carbons (Fsp3) is 0.0714. The van der Waals surface area contributed by atoms with Crippen LogP contribution in [0.1, 0.15) is 0 Å². The van der Waals surface area contributed by atoms with Gasteiger partial charge in [-0.05, 0) is 36.4 Å². The molecule has 6 nitrogen and oxygen atoms in total. The van der Waals surface area contributed by atoms with E-state index in [1.807, 2.05) is 5.43 Å². The molecule has 0 saturated heterocycles. The normalized spacial score (nSPS) is 11.1. The van der Waals surface area contributed by atoms with Crippen LogP contribution in [0.5, 0.6) is 0 Å². The van der Waals surface area contributed by atoms with E-state index in [0.717, 1.165) is 6.07 Å². The molecule has 2 aromatic rings. The molecular formula is C14H13BrFN3O3S. The van der Waals surface area contributed by atoms with Crippen molar-refractivity contribution in [2.24, 2.45) is 5.84 Å². The summed E-state index contributed by atoms with van der Waals surface area (Å²) >= 11 is 3.21. The van der Waals surface area contributed by atoms with Crippen molar-refractivity contribution in [2.45, 2.75) is 4.90 Å². The predicted molar refractivity (Wildman–Crippen MR) is 87.4 cm³/mol. The molecule has 23 heavy (non-hydrogen) atoms. The number of nitrogens with zero attached hydrogens (tertiary/aromatic N) is 1. The van der Waals surface area contributed by atoms with Crippen LogP contribution in [-0.2, 0) is 14.8 Å². The van der Waals surface area contributed by atoms with Gasteiger partial charge in [-0.25, -0.2) is 18.7 Å². The van der Waals surface area contributed by atoms with Crippen molar-refractivity contribution in [3.8, 4) is 0 Å². The van der Waals surface area contributed by atoms with Crippen LogP contribution in [0.2, 0.25) is 0 Å². The first-order chi connectivity index (χ1) is 10.9. The molecule has 9 heteroatoms. The van der Waals surface area contributed by atoms with E-state index < -0.39 is 28.3 Å². The second-order valence-corrected chi connectivity index (χ2v) is 7.26. The maximum Gasteiger partial charge on any atom is 0.264 e. The van der Waals surface area contributed by atoms with E-state index in [9.17, 15) is 17.6 Å². The van der Waals surface area contributed by atoms with Crippen LogP contribution in [0, 0.1) is 5.82 Å². The number of sulfonamides is 1. The van der Waals surface area contributed by atoms with Gasteiger partial charge in [0, 0.05) is 4.47 Å². The molecular weight excluding hydrogens is 389 g/mol. The van der Waals surface area contributed by atoms with Crippen molar-refractivity contribution in [3.05, 3.63) is 58.8 Å². The first-order valence-electron chi connectivity index (χ1n) is 6.38. The molecule has 0 heterocycles. The third kappa shape index (κ3) is 3.87. The summed E-state index contributed by atoms with van der Waals surface area (Å²) in [5.74, 6) is 3.48. The second kappa shape index (κ2) is 7.07. The molecule has 3 N–H and O–H groups in total. The number of hydrogen-bond donors (Lipinski definition) is 2. The van der Waals surface area contributed by atoms with Gasteiger partial charge in [-0.2, -0.15) is 0 Å². The zero-order valence-corrected chi connectivity index (χ0v) is 14.1. The van der Waals surface area contributed by atoms with Gasteiger partial charge in [-0.1, -0.05) is 28.1 Å². The summed E-state index contributed by atoms with van der Waals surface area (Å²) in [6, 6.07) is 11.1. The molecule has 0 unspecified atom stereocenters. The molecule has 0 aliphatic carbocycles. The highest BCUT2D eigenvalue weighted by atomic mass is 79.9. The molecule has 0 spiro atoms. The molecule has 2 rings (SSSR count). The Morgan fingerprint density at radius 2 is 1.78 bits per heavy atom. The molecule has 0 aromatic heterocycles. The van der Waals surface area contributed by atoms with Gasteiger partial charge in [0.25, 0.3) is 15.9 Å². The summed E-state index contributed by atoms with van der Waals surface area (Å²) in [5.41, 5.74) is 1.61. The number of nitrogens with two attached hydrogens (primary N) is 1. The molecule has 0 radical (unpaired) electrons. The van der Waals surface area contributed by atoms with Crippen molar-refractivity contribution in [1.29, 1.82) is 0 Å². The minimum Gasteiger partial charge on any atom is -0.293 e. The number of carbonyl (C=O) groups is 1. The Morgan fingerprint density at radius 1 is 1.17 bits per heavy atom. The number of amides is 1. The average molecular weight is 402 g/mol. The Hall–Kier alpha value is -1.97. The molecule has 0 aliphatic heterocycles. The standard InChI is InChI=1S/C14H13BrFN3O3S/c15-10-5-7-11(8-6-10)23(21,22)19(9-14(20)18-17)13-4-2-1-3-12(13)16/h1-8H,9,17H2,(H,18,20). The maximum absolute atomic E-state index is 14.0. The highest BCUT2D eigenvalue weighted by Crippen LogP contribution is 2.26. The lowest BCUT2D eigenvalue weighted by Crippen LogP contribution is -2.43. The van der Waals surface area contributed by atoms with Crippen LogP contribution in [0.4, 0.5) is 10.1 Å².